The third-order valence-electron chi connectivity index (χ3n) is 5.18. The zero-order valence-corrected chi connectivity index (χ0v) is 15.1. The molecule has 0 radical (unpaired) electrons. The number of hydrogen-bond donors (Lipinski definition) is 3. The summed E-state index contributed by atoms with van der Waals surface area (Å²) in [5.41, 5.74) is 1.17. The summed E-state index contributed by atoms with van der Waals surface area (Å²) >= 11 is 0. The van der Waals surface area contributed by atoms with Gasteiger partial charge in [0, 0.05) is 24.3 Å². The largest absolute Gasteiger partial charge is 0.355 e. The molecule has 24 heavy (non-hydrogen) atoms. The molecule has 1 fully saturated rings. The number of nitrogens with one attached hydrogen (secondary N) is 3. The fourth-order valence-electron chi connectivity index (χ4n) is 3.35. The van der Waals surface area contributed by atoms with E-state index in [9.17, 15) is 9.59 Å². The van der Waals surface area contributed by atoms with Crippen molar-refractivity contribution in [1.29, 1.82) is 0 Å². The number of benzene rings is 1. The van der Waals surface area contributed by atoms with Crippen LogP contribution in [0.2, 0.25) is 0 Å². The molecule has 1 saturated carbocycles. The maximum absolute atomic E-state index is 12.5. The number of anilines is 1. The monoisotopic (exact) mass is 331 g/mol. The minimum Gasteiger partial charge on any atom is -0.355 e. The van der Waals surface area contributed by atoms with Crippen molar-refractivity contribution in [2.24, 2.45) is 11.8 Å². The number of carbonyl (C=O) groups excluding carboxylic acids is 2. The second-order valence-corrected chi connectivity index (χ2v) is 6.91. The van der Waals surface area contributed by atoms with Crippen LogP contribution < -0.4 is 16.0 Å². The predicted octanol–water partition coefficient (Wildman–Crippen LogP) is 2.79. The van der Waals surface area contributed by atoms with Gasteiger partial charge in [-0.1, -0.05) is 32.8 Å². The second-order valence-electron chi connectivity index (χ2n) is 6.91. The quantitative estimate of drug-likeness (QED) is 0.777. The van der Waals surface area contributed by atoms with Crippen LogP contribution in [0.25, 0.3) is 0 Å². The predicted molar refractivity (Wildman–Crippen MR) is 97.0 cm³/mol. The highest BCUT2D eigenvalue weighted by atomic mass is 16.2. The van der Waals surface area contributed by atoms with E-state index in [4.69, 9.17) is 0 Å². The summed E-state index contributed by atoms with van der Waals surface area (Å²) in [6.07, 6.45) is 3.60. The molecule has 5 nitrogen and oxygen atoms in total. The zero-order chi connectivity index (χ0) is 17.7. The second kappa shape index (κ2) is 8.29. The molecule has 0 spiro atoms. The molecule has 1 aromatic carbocycles. The van der Waals surface area contributed by atoms with Crippen molar-refractivity contribution in [2.45, 2.75) is 52.1 Å². The van der Waals surface area contributed by atoms with E-state index in [1.54, 1.807) is 31.3 Å². The van der Waals surface area contributed by atoms with E-state index >= 15 is 0 Å². The molecule has 0 saturated heterocycles. The number of amides is 2. The van der Waals surface area contributed by atoms with Crippen LogP contribution in [-0.2, 0) is 4.79 Å². The summed E-state index contributed by atoms with van der Waals surface area (Å²) in [5, 5.41) is 8.96. The third kappa shape index (κ3) is 4.57. The Hall–Kier alpha value is -1.88. The van der Waals surface area contributed by atoms with Crippen molar-refractivity contribution >= 4 is 17.5 Å². The molecule has 0 aliphatic heterocycles. The summed E-state index contributed by atoms with van der Waals surface area (Å²) in [4.78, 5) is 24.1. The molecule has 3 N–H and O–H groups in total. The van der Waals surface area contributed by atoms with Crippen LogP contribution in [0.5, 0.6) is 0 Å². The fourth-order valence-corrected chi connectivity index (χ4v) is 3.35. The summed E-state index contributed by atoms with van der Waals surface area (Å²) in [7, 11) is 1.59. The molecule has 132 valence electrons. The van der Waals surface area contributed by atoms with E-state index in [0.717, 1.165) is 6.42 Å². The number of carbonyl (C=O) groups is 2. The van der Waals surface area contributed by atoms with Crippen LogP contribution in [0.15, 0.2) is 24.3 Å². The topological polar surface area (TPSA) is 70.2 Å². The lowest BCUT2D eigenvalue weighted by atomic mass is 9.78. The first-order valence-electron chi connectivity index (χ1n) is 8.81. The van der Waals surface area contributed by atoms with Gasteiger partial charge < -0.3 is 16.0 Å². The summed E-state index contributed by atoms with van der Waals surface area (Å²) in [5.74, 6) is 1.03. The highest BCUT2D eigenvalue weighted by molar-refractivity contribution is 5.98. The van der Waals surface area contributed by atoms with Gasteiger partial charge in [0.15, 0.2) is 0 Å². The van der Waals surface area contributed by atoms with E-state index in [1.165, 1.54) is 12.8 Å². The Labute approximate surface area is 144 Å². The minimum atomic E-state index is -0.272. The number of hydrogen-bond acceptors (Lipinski definition) is 3. The SMILES string of the molecule is CNC(=O)c1cccc(NC(=O)[C@H](C)N[C@@H]2CCC[C@@H](C)[C@H]2C)c1. The van der Waals surface area contributed by atoms with Gasteiger partial charge in [0.05, 0.1) is 6.04 Å². The molecule has 0 heterocycles. The number of rotatable bonds is 5. The van der Waals surface area contributed by atoms with Crippen LogP contribution in [0.3, 0.4) is 0 Å². The average molecular weight is 331 g/mol. The molecule has 2 amide bonds. The summed E-state index contributed by atoms with van der Waals surface area (Å²) < 4.78 is 0. The average Bonchev–Trinajstić information content (AvgIpc) is 2.58. The van der Waals surface area contributed by atoms with Gasteiger partial charge in [-0.2, -0.15) is 0 Å². The van der Waals surface area contributed by atoms with Crippen molar-refractivity contribution < 1.29 is 9.59 Å². The van der Waals surface area contributed by atoms with Crippen LogP contribution >= 0.6 is 0 Å². The Morgan fingerprint density at radius 2 is 1.96 bits per heavy atom. The highest BCUT2D eigenvalue weighted by Gasteiger charge is 2.29. The van der Waals surface area contributed by atoms with Crippen molar-refractivity contribution in [3.8, 4) is 0 Å². The first-order valence-corrected chi connectivity index (χ1v) is 8.81. The van der Waals surface area contributed by atoms with E-state index < -0.39 is 0 Å². The van der Waals surface area contributed by atoms with Gasteiger partial charge in [-0.25, -0.2) is 0 Å². The zero-order valence-electron chi connectivity index (χ0n) is 15.1. The lowest BCUT2D eigenvalue weighted by molar-refractivity contribution is -0.118. The van der Waals surface area contributed by atoms with Gasteiger partial charge in [0.1, 0.15) is 0 Å². The maximum Gasteiger partial charge on any atom is 0.251 e. The Morgan fingerprint density at radius 3 is 2.67 bits per heavy atom. The van der Waals surface area contributed by atoms with E-state index in [1.807, 2.05) is 6.92 Å². The van der Waals surface area contributed by atoms with E-state index in [-0.39, 0.29) is 17.9 Å². The van der Waals surface area contributed by atoms with Gasteiger partial charge >= 0.3 is 0 Å². The lowest BCUT2D eigenvalue weighted by Crippen LogP contribution is -2.49. The first kappa shape index (κ1) is 18.5. The van der Waals surface area contributed by atoms with Crippen LogP contribution in [-0.4, -0.2) is 30.9 Å². The normalized spacial score (nSPS) is 24.9. The molecule has 0 bridgehead atoms. The molecule has 4 atom stereocenters. The third-order valence-corrected chi connectivity index (χ3v) is 5.18. The molecule has 1 aliphatic rings. The van der Waals surface area contributed by atoms with Crippen molar-refractivity contribution in [3.05, 3.63) is 29.8 Å². The van der Waals surface area contributed by atoms with Crippen LogP contribution in [0, 0.1) is 11.8 Å². The summed E-state index contributed by atoms with van der Waals surface area (Å²) in [6, 6.07) is 7.08. The van der Waals surface area contributed by atoms with Gasteiger partial charge in [-0.15, -0.1) is 0 Å². The maximum atomic E-state index is 12.5. The first-order chi connectivity index (χ1) is 11.4. The minimum absolute atomic E-state index is 0.0746. The Kier molecular flexibility index (Phi) is 6.37. The molecular formula is C19H29N3O2. The Morgan fingerprint density at radius 1 is 1.21 bits per heavy atom. The molecule has 0 unspecified atom stereocenters. The van der Waals surface area contributed by atoms with Crippen molar-refractivity contribution in [1.82, 2.24) is 10.6 Å². The molecule has 2 rings (SSSR count). The molecule has 5 heteroatoms. The molecule has 1 aliphatic carbocycles. The van der Waals surface area contributed by atoms with Crippen LogP contribution in [0.1, 0.15) is 50.4 Å². The Balaban J connectivity index is 1.95. The summed E-state index contributed by atoms with van der Waals surface area (Å²) in [6.45, 7) is 6.44. The van der Waals surface area contributed by atoms with Crippen molar-refractivity contribution in [2.75, 3.05) is 12.4 Å². The van der Waals surface area contributed by atoms with Crippen molar-refractivity contribution in [3.63, 3.8) is 0 Å². The molecule has 0 aromatic heterocycles. The standard InChI is InChI=1S/C19H29N3O2/c1-12-7-5-10-17(13(12)2)21-14(3)18(23)22-16-9-6-8-15(11-16)19(24)20-4/h6,8-9,11-14,17,21H,5,7,10H2,1-4H3,(H,20,24)(H,22,23)/t12-,13-,14+,17-/m1/s1. The van der Waals surface area contributed by atoms with E-state index in [2.05, 4.69) is 29.8 Å². The smallest absolute Gasteiger partial charge is 0.251 e. The van der Waals surface area contributed by atoms with E-state index in [0.29, 0.717) is 29.1 Å². The van der Waals surface area contributed by atoms with Gasteiger partial charge in [0.25, 0.3) is 5.91 Å². The molecule has 1 aromatic rings. The Bertz CT molecular complexity index is 588. The highest BCUT2D eigenvalue weighted by Crippen LogP contribution is 2.29. The van der Waals surface area contributed by atoms with Crippen LogP contribution in [0.4, 0.5) is 5.69 Å². The lowest BCUT2D eigenvalue weighted by Gasteiger charge is -2.36. The van der Waals surface area contributed by atoms with Gasteiger partial charge in [-0.3, -0.25) is 9.59 Å². The fraction of sp³-hybridized carbons (Fsp3) is 0.579. The molecular weight excluding hydrogens is 302 g/mol. The van der Waals surface area contributed by atoms with Gasteiger partial charge in [0.2, 0.25) is 5.91 Å². The van der Waals surface area contributed by atoms with Gasteiger partial charge in [-0.05, 0) is 43.4 Å².